The first-order chi connectivity index (χ1) is 7.00. The summed E-state index contributed by atoms with van der Waals surface area (Å²) in [6.07, 6.45) is 0. The first-order valence-corrected chi connectivity index (χ1v) is 4.82. The highest BCUT2D eigenvalue weighted by molar-refractivity contribution is 9.10. The maximum Gasteiger partial charge on any atom is 0.272 e. The van der Waals surface area contributed by atoms with Gasteiger partial charge in [0.2, 0.25) is 5.91 Å². The van der Waals surface area contributed by atoms with Gasteiger partial charge in [0.25, 0.3) is 5.91 Å². The van der Waals surface area contributed by atoms with Crippen molar-refractivity contribution >= 4 is 27.7 Å². The van der Waals surface area contributed by atoms with Crippen LogP contribution < -0.4 is 10.9 Å². The third-order valence-electron chi connectivity index (χ3n) is 1.53. The third kappa shape index (κ3) is 3.32. The smallest absolute Gasteiger partial charge is 0.272 e. The normalized spacial score (nSPS) is 9.53. The number of hydrogen-bond acceptors (Lipinski definition) is 2. The van der Waals surface area contributed by atoms with Crippen molar-refractivity contribution < 1.29 is 14.0 Å². The zero-order chi connectivity index (χ0) is 11.4. The van der Waals surface area contributed by atoms with Crippen molar-refractivity contribution in [2.24, 2.45) is 0 Å². The Labute approximate surface area is 94.0 Å². The molecule has 0 aliphatic heterocycles. The zero-order valence-corrected chi connectivity index (χ0v) is 9.39. The minimum Gasteiger partial charge on any atom is -0.274 e. The quantitative estimate of drug-likeness (QED) is 0.760. The summed E-state index contributed by atoms with van der Waals surface area (Å²) < 4.78 is 13.8. The van der Waals surface area contributed by atoms with Gasteiger partial charge in [-0.1, -0.05) is 15.9 Å². The minimum absolute atomic E-state index is 0.132. The lowest BCUT2D eigenvalue weighted by atomic mass is 10.2. The number of benzene rings is 1. The number of amides is 2. The number of carbonyl (C=O) groups excluding carboxylic acids is 2. The van der Waals surface area contributed by atoms with E-state index in [-0.39, 0.29) is 5.56 Å². The van der Waals surface area contributed by atoms with Gasteiger partial charge >= 0.3 is 0 Å². The molecule has 0 saturated heterocycles. The van der Waals surface area contributed by atoms with Gasteiger partial charge in [0.05, 0.1) is 5.56 Å². The van der Waals surface area contributed by atoms with E-state index < -0.39 is 17.6 Å². The molecule has 1 aromatic carbocycles. The molecule has 0 atom stereocenters. The molecular formula is C9H8BrFN2O2. The highest BCUT2D eigenvalue weighted by atomic mass is 79.9. The van der Waals surface area contributed by atoms with Crippen molar-refractivity contribution in [1.29, 1.82) is 0 Å². The van der Waals surface area contributed by atoms with E-state index in [4.69, 9.17) is 0 Å². The molecule has 1 rings (SSSR count). The first-order valence-electron chi connectivity index (χ1n) is 4.02. The van der Waals surface area contributed by atoms with Crippen LogP contribution in [-0.2, 0) is 4.79 Å². The van der Waals surface area contributed by atoms with Crippen LogP contribution in [0.4, 0.5) is 4.39 Å². The zero-order valence-electron chi connectivity index (χ0n) is 7.80. The molecule has 2 N–H and O–H groups in total. The second-order valence-corrected chi connectivity index (χ2v) is 3.68. The molecule has 0 aliphatic rings. The van der Waals surface area contributed by atoms with Crippen LogP contribution in [0.1, 0.15) is 17.3 Å². The van der Waals surface area contributed by atoms with E-state index in [1.807, 2.05) is 0 Å². The van der Waals surface area contributed by atoms with Crippen molar-refractivity contribution in [2.45, 2.75) is 6.92 Å². The fourth-order valence-corrected chi connectivity index (χ4v) is 1.22. The molecule has 15 heavy (non-hydrogen) atoms. The Kier molecular flexibility index (Phi) is 3.79. The summed E-state index contributed by atoms with van der Waals surface area (Å²) in [5.74, 6) is -1.79. The monoisotopic (exact) mass is 274 g/mol. The molecule has 80 valence electrons. The van der Waals surface area contributed by atoms with E-state index in [1.165, 1.54) is 25.1 Å². The van der Waals surface area contributed by atoms with E-state index in [1.54, 1.807) is 0 Å². The second kappa shape index (κ2) is 4.88. The molecule has 0 aromatic heterocycles. The second-order valence-electron chi connectivity index (χ2n) is 2.76. The molecule has 6 heteroatoms. The molecule has 0 heterocycles. The molecule has 1 aromatic rings. The van der Waals surface area contributed by atoms with Crippen LogP contribution in [0, 0.1) is 5.82 Å². The van der Waals surface area contributed by atoms with Crippen LogP contribution in [-0.4, -0.2) is 11.8 Å². The van der Waals surface area contributed by atoms with Gasteiger partial charge in [-0.25, -0.2) is 4.39 Å². The van der Waals surface area contributed by atoms with E-state index in [9.17, 15) is 14.0 Å². The van der Waals surface area contributed by atoms with Crippen molar-refractivity contribution in [1.82, 2.24) is 10.9 Å². The fraction of sp³-hybridized carbons (Fsp3) is 0.111. The molecular weight excluding hydrogens is 267 g/mol. The average Bonchev–Trinajstić information content (AvgIpc) is 2.14. The van der Waals surface area contributed by atoms with Gasteiger partial charge < -0.3 is 0 Å². The van der Waals surface area contributed by atoms with Crippen LogP contribution in [0.5, 0.6) is 0 Å². The van der Waals surface area contributed by atoms with Gasteiger partial charge in [0, 0.05) is 11.4 Å². The molecule has 0 radical (unpaired) electrons. The van der Waals surface area contributed by atoms with E-state index in [0.29, 0.717) is 4.47 Å². The summed E-state index contributed by atoms with van der Waals surface area (Å²) in [4.78, 5) is 21.8. The average molecular weight is 275 g/mol. The molecule has 0 spiro atoms. The van der Waals surface area contributed by atoms with Gasteiger partial charge in [0.1, 0.15) is 5.82 Å². The first kappa shape index (κ1) is 11.6. The minimum atomic E-state index is -0.699. The largest absolute Gasteiger partial charge is 0.274 e. The van der Waals surface area contributed by atoms with Crippen molar-refractivity contribution in [2.75, 3.05) is 0 Å². The van der Waals surface area contributed by atoms with Crippen molar-refractivity contribution in [3.63, 3.8) is 0 Å². The van der Waals surface area contributed by atoms with E-state index in [2.05, 4.69) is 26.8 Å². The summed E-state index contributed by atoms with van der Waals surface area (Å²) in [5.41, 5.74) is 4.00. The van der Waals surface area contributed by atoms with E-state index >= 15 is 0 Å². The molecule has 4 nitrogen and oxygen atoms in total. The summed E-state index contributed by atoms with van der Waals surface area (Å²) in [5, 5.41) is 0. The fourth-order valence-electron chi connectivity index (χ4n) is 0.886. The number of rotatable bonds is 1. The summed E-state index contributed by atoms with van der Waals surface area (Å²) in [7, 11) is 0. The highest BCUT2D eigenvalue weighted by Gasteiger charge is 2.11. The van der Waals surface area contributed by atoms with Gasteiger partial charge in [-0.15, -0.1) is 0 Å². The SMILES string of the molecule is CC(=O)NNC(=O)c1ccc(Br)cc1F. The number of hydrazine groups is 1. The Morgan fingerprint density at radius 2 is 2.00 bits per heavy atom. The molecule has 2 amide bonds. The van der Waals surface area contributed by atoms with Crippen LogP contribution >= 0.6 is 15.9 Å². The Morgan fingerprint density at radius 3 is 2.53 bits per heavy atom. The van der Waals surface area contributed by atoms with Crippen LogP contribution in [0.2, 0.25) is 0 Å². The predicted octanol–water partition coefficient (Wildman–Crippen LogP) is 1.37. The standard InChI is InChI=1S/C9H8BrFN2O2/c1-5(14)12-13-9(15)7-3-2-6(10)4-8(7)11/h2-4H,1H3,(H,12,14)(H,13,15). The van der Waals surface area contributed by atoms with Gasteiger partial charge in [0.15, 0.2) is 0 Å². The Hall–Kier alpha value is -1.43. The Balaban J connectivity index is 2.78. The summed E-state index contributed by atoms with van der Waals surface area (Å²) in [6, 6.07) is 4.02. The number of nitrogens with one attached hydrogen (secondary N) is 2. The number of carbonyl (C=O) groups is 2. The van der Waals surface area contributed by atoms with Crippen LogP contribution in [0.3, 0.4) is 0 Å². The summed E-state index contributed by atoms with van der Waals surface area (Å²) >= 11 is 3.07. The lowest BCUT2D eigenvalue weighted by Gasteiger charge is -2.05. The van der Waals surface area contributed by atoms with Crippen molar-refractivity contribution in [3.05, 3.63) is 34.1 Å². The number of halogens is 2. The molecule has 0 fully saturated rings. The third-order valence-corrected chi connectivity index (χ3v) is 2.02. The molecule has 0 saturated carbocycles. The van der Waals surface area contributed by atoms with Crippen molar-refractivity contribution in [3.8, 4) is 0 Å². The lowest BCUT2D eigenvalue weighted by molar-refractivity contribution is -0.119. The van der Waals surface area contributed by atoms with Gasteiger partial charge in [-0.3, -0.25) is 20.4 Å². The maximum absolute atomic E-state index is 13.2. The Morgan fingerprint density at radius 1 is 1.33 bits per heavy atom. The molecule has 0 aliphatic carbocycles. The predicted molar refractivity (Wildman–Crippen MR) is 55.4 cm³/mol. The van der Waals surface area contributed by atoms with E-state index in [0.717, 1.165) is 0 Å². The van der Waals surface area contributed by atoms with Crippen LogP contribution in [0.25, 0.3) is 0 Å². The van der Waals surface area contributed by atoms with Crippen LogP contribution in [0.15, 0.2) is 22.7 Å². The summed E-state index contributed by atoms with van der Waals surface area (Å²) in [6.45, 7) is 1.23. The van der Waals surface area contributed by atoms with Gasteiger partial charge in [-0.05, 0) is 18.2 Å². The lowest BCUT2D eigenvalue weighted by Crippen LogP contribution is -2.40. The molecule has 0 unspecified atom stereocenters. The number of hydrogen-bond donors (Lipinski definition) is 2. The topological polar surface area (TPSA) is 58.2 Å². The highest BCUT2D eigenvalue weighted by Crippen LogP contribution is 2.14. The van der Waals surface area contributed by atoms with Gasteiger partial charge in [-0.2, -0.15) is 0 Å². The molecule has 0 bridgehead atoms. The Bertz CT molecular complexity index is 409. The maximum atomic E-state index is 13.2.